The van der Waals surface area contributed by atoms with Gasteiger partial charge >= 0.3 is 0 Å². The summed E-state index contributed by atoms with van der Waals surface area (Å²) in [6.07, 6.45) is 4.10. The first-order valence-corrected chi connectivity index (χ1v) is 9.29. The Kier molecular flexibility index (Phi) is 3.30. The second-order valence-corrected chi connectivity index (χ2v) is 7.49. The molecule has 2 fully saturated rings. The number of aliphatic imine (C=N–C) groups is 1. The van der Waals surface area contributed by atoms with Crippen LogP contribution in [0.25, 0.3) is 0 Å². The van der Waals surface area contributed by atoms with Gasteiger partial charge in [0.2, 0.25) is 5.91 Å². The molecule has 3 nitrogen and oxygen atoms in total. The maximum Gasteiger partial charge on any atom is 0.227 e. The standard InChI is InChI=1S/C22H22N2O/c25-21-18-10-6-12-20-22(18,17-9-4-5-11-19(17)23-20)13-14-24(21)15-16-7-2-1-3-8-16/h1-5,7-9,11,18H,6,10,12-15H2/t18-,22-/m0/s1. The van der Waals surface area contributed by atoms with Crippen molar-refractivity contribution >= 4 is 17.3 Å². The molecule has 1 amide bonds. The molecule has 3 heteroatoms. The average Bonchev–Trinajstić information content (AvgIpc) is 2.99. The van der Waals surface area contributed by atoms with Gasteiger partial charge in [-0.25, -0.2) is 0 Å². The van der Waals surface area contributed by atoms with E-state index in [1.165, 1.54) is 16.8 Å². The summed E-state index contributed by atoms with van der Waals surface area (Å²) >= 11 is 0. The van der Waals surface area contributed by atoms with Gasteiger partial charge in [0.25, 0.3) is 0 Å². The van der Waals surface area contributed by atoms with Gasteiger partial charge in [0.1, 0.15) is 0 Å². The van der Waals surface area contributed by atoms with E-state index >= 15 is 0 Å². The normalized spacial score (nSPS) is 27.4. The van der Waals surface area contributed by atoms with Gasteiger partial charge in [0.05, 0.1) is 11.6 Å². The fourth-order valence-corrected chi connectivity index (χ4v) is 5.13. The number of rotatable bonds is 2. The van der Waals surface area contributed by atoms with E-state index in [9.17, 15) is 4.79 Å². The van der Waals surface area contributed by atoms with Crippen LogP contribution in [-0.2, 0) is 16.8 Å². The molecule has 126 valence electrons. The van der Waals surface area contributed by atoms with Crippen molar-refractivity contribution in [1.82, 2.24) is 4.90 Å². The summed E-state index contributed by atoms with van der Waals surface area (Å²) in [7, 11) is 0. The van der Waals surface area contributed by atoms with Crippen LogP contribution in [0.5, 0.6) is 0 Å². The van der Waals surface area contributed by atoms with Crippen LogP contribution in [0.15, 0.2) is 59.6 Å². The van der Waals surface area contributed by atoms with Crippen molar-refractivity contribution in [3.05, 3.63) is 65.7 Å². The molecular weight excluding hydrogens is 308 g/mol. The largest absolute Gasteiger partial charge is 0.338 e. The minimum absolute atomic E-state index is 0.0566. The molecule has 0 bridgehead atoms. The van der Waals surface area contributed by atoms with Crippen molar-refractivity contribution in [1.29, 1.82) is 0 Å². The van der Waals surface area contributed by atoms with E-state index in [-0.39, 0.29) is 11.3 Å². The maximum absolute atomic E-state index is 13.4. The fraction of sp³-hybridized carbons (Fsp3) is 0.364. The summed E-state index contributed by atoms with van der Waals surface area (Å²) in [6, 6.07) is 18.8. The first-order valence-electron chi connectivity index (χ1n) is 9.29. The first kappa shape index (κ1) is 14.9. The predicted molar refractivity (Wildman–Crippen MR) is 99.0 cm³/mol. The lowest BCUT2D eigenvalue weighted by Gasteiger charge is -2.48. The van der Waals surface area contributed by atoms with Gasteiger partial charge < -0.3 is 4.90 Å². The number of piperidine rings is 1. The van der Waals surface area contributed by atoms with Gasteiger partial charge in [-0.05, 0) is 42.9 Å². The van der Waals surface area contributed by atoms with Crippen LogP contribution in [0, 0.1) is 5.92 Å². The topological polar surface area (TPSA) is 32.7 Å². The third kappa shape index (κ3) is 2.11. The minimum atomic E-state index is -0.126. The van der Waals surface area contributed by atoms with E-state index in [0.29, 0.717) is 5.91 Å². The lowest BCUT2D eigenvalue weighted by Crippen LogP contribution is -2.57. The van der Waals surface area contributed by atoms with Crippen LogP contribution in [0.1, 0.15) is 36.8 Å². The molecule has 0 radical (unpaired) electrons. The number of carbonyl (C=O) groups is 1. The van der Waals surface area contributed by atoms with Crippen molar-refractivity contribution < 1.29 is 4.79 Å². The zero-order valence-corrected chi connectivity index (χ0v) is 14.3. The Morgan fingerprint density at radius 3 is 2.76 bits per heavy atom. The number of hydrogen-bond acceptors (Lipinski definition) is 2. The van der Waals surface area contributed by atoms with Crippen LogP contribution < -0.4 is 0 Å². The van der Waals surface area contributed by atoms with Crippen LogP contribution in [-0.4, -0.2) is 23.1 Å². The molecule has 2 aliphatic heterocycles. The molecule has 1 saturated heterocycles. The molecule has 2 heterocycles. The summed E-state index contributed by atoms with van der Waals surface area (Å²) < 4.78 is 0. The number of para-hydroxylation sites is 1. The molecule has 2 atom stereocenters. The summed E-state index contributed by atoms with van der Waals surface area (Å²) in [5, 5.41) is 0. The Balaban J connectivity index is 1.51. The van der Waals surface area contributed by atoms with E-state index in [1.807, 2.05) is 18.2 Å². The Morgan fingerprint density at radius 1 is 1.08 bits per heavy atom. The van der Waals surface area contributed by atoms with E-state index in [4.69, 9.17) is 4.99 Å². The number of fused-ring (bicyclic) bond motifs is 1. The smallest absolute Gasteiger partial charge is 0.227 e. The van der Waals surface area contributed by atoms with Crippen LogP contribution >= 0.6 is 0 Å². The Morgan fingerprint density at radius 2 is 1.88 bits per heavy atom. The van der Waals surface area contributed by atoms with E-state index in [1.54, 1.807) is 0 Å². The lowest BCUT2D eigenvalue weighted by atomic mass is 9.58. The predicted octanol–water partition coefficient (Wildman–Crippen LogP) is 4.24. The maximum atomic E-state index is 13.4. The highest BCUT2D eigenvalue weighted by Crippen LogP contribution is 2.54. The molecule has 0 N–H and O–H groups in total. The van der Waals surface area contributed by atoms with E-state index < -0.39 is 0 Å². The quantitative estimate of drug-likeness (QED) is 0.810. The molecule has 0 unspecified atom stereocenters. The number of likely N-dealkylation sites (tertiary alicyclic amines) is 1. The molecule has 0 aromatic heterocycles. The summed E-state index contributed by atoms with van der Waals surface area (Å²) in [6.45, 7) is 1.54. The van der Waals surface area contributed by atoms with Gasteiger partial charge in [-0.1, -0.05) is 48.5 Å². The van der Waals surface area contributed by atoms with Gasteiger partial charge in [-0.2, -0.15) is 0 Å². The fourth-order valence-electron chi connectivity index (χ4n) is 5.13. The lowest BCUT2D eigenvalue weighted by molar-refractivity contribution is -0.142. The molecule has 1 aliphatic carbocycles. The Labute approximate surface area is 148 Å². The molecule has 3 aliphatic rings. The molecule has 2 aromatic rings. The van der Waals surface area contributed by atoms with E-state index in [2.05, 4.69) is 41.3 Å². The highest BCUT2D eigenvalue weighted by Gasteiger charge is 2.56. The molecule has 1 saturated carbocycles. The van der Waals surface area contributed by atoms with Crippen molar-refractivity contribution in [2.45, 2.75) is 37.6 Å². The van der Waals surface area contributed by atoms with Gasteiger partial charge in [-0.15, -0.1) is 0 Å². The van der Waals surface area contributed by atoms with Crippen molar-refractivity contribution in [3.63, 3.8) is 0 Å². The highest BCUT2D eigenvalue weighted by molar-refractivity contribution is 6.06. The number of carbonyl (C=O) groups excluding carboxylic acids is 1. The molecular formula is C22H22N2O. The van der Waals surface area contributed by atoms with Crippen LogP contribution in [0.4, 0.5) is 5.69 Å². The number of hydrogen-bond donors (Lipinski definition) is 0. The Bertz CT molecular complexity index is 857. The SMILES string of the molecule is O=C1[C@@H]2CCCC3=Nc4ccccc4[C@]32CCN1Cc1ccccc1. The van der Waals surface area contributed by atoms with Crippen molar-refractivity contribution in [2.24, 2.45) is 10.9 Å². The number of amides is 1. The van der Waals surface area contributed by atoms with Gasteiger partial charge in [-0.3, -0.25) is 9.79 Å². The zero-order valence-electron chi connectivity index (χ0n) is 14.3. The first-order chi connectivity index (χ1) is 12.3. The average molecular weight is 330 g/mol. The molecule has 25 heavy (non-hydrogen) atoms. The monoisotopic (exact) mass is 330 g/mol. The molecule has 5 rings (SSSR count). The van der Waals surface area contributed by atoms with Gasteiger partial charge in [0, 0.05) is 24.2 Å². The van der Waals surface area contributed by atoms with Crippen molar-refractivity contribution in [3.8, 4) is 0 Å². The number of benzene rings is 2. The summed E-state index contributed by atoms with van der Waals surface area (Å²) in [5.74, 6) is 0.375. The van der Waals surface area contributed by atoms with E-state index in [0.717, 1.165) is 44.5 Å². The van der Waals surface area contributed by atoms with Gasteiger partial charge in [0.15, 0.2) is 0 Å². The second kappa shape index (κ2) is 5.55. The van der Waals surface area contributed by atoms with Crippen LogP contribution in [0.3, 0.4) is 0 Å². The van der Waals surface area contributed by atoms with Crippen LogP contribution in [0.2, 0.25) is 0 Å². The molecule has 2 aromatic carbocycles. The Hall–Kier alpha value is -2.42. The zero-order chi connectivity index (χ0) is 16.9. The molecule has 1 spiro atoms. The number of nitrogens with zero attached hydrogens (tertiary/aromatic N) is 2. The highest BCUT2D eigenvalue weighted by atomic mass is 16.2. The minimum Gasteiger partial charge on any atom is -0.338 e. The third-order valence-corrected chi connectivity index (χ3v) is 6.26. The summed E-state index contributed by atoms with van der Waals surface area (Å²) in [4.78, 5) is 20.4. The summed E-state index contributed by atoms with van der Waals surface area (Å²) in [5.41, 5.74) is 4.73. The third-order valence-electron chi connectivity index (χ3n) is 6.26. The van der Waals surface area contributed by atoms with Crippen molar-refractivity contribution in [2.75, 3.05) is 6.54 Å². The second-order valence-electron chi connectivity index (χ2n) is 7.49.